The van der Waals surface area contributed by atoms with Crippen molar-refractivity contribution in [3.05, 3.63) is 90.3 Å². The van der Waals surface area contributed by atoms with Crippen LogP contribution < -0.4 is 10.6 Å². The van der Waals surface area contributed by atoms with Gasteiger partial charge in [-0.15, -0.1) is 34.0 Å². The van der Waals surface area contributed by atoms with E-state index in [9.17, 15) is 9.59 Å². The third-order valence-corrected chi connectivity index (χ3v) is 8.97. The first-order valence-corrected chi connectivity index (χ1v) is 15.0. The minimum Gasteiger partial charge on any atom is -0.297 e. The van der Waals surface area contributed by atoms with Crippen LogP contribution in [-0.4, -0.2) is 21.8 Å². The third kappa shape index (κ3) is 5.71. The van der Waals surface area contributed by atoms with Crippen LogP contribution in [0.2, 0.25) is 0 Å². The monoisotopic (exact) mass is 572 g/mol. The van der Waals surface area contributed by atoms with Gasteiger partial charge < -0.3 is 0 Å². The topological polar surface area (TPSA) is 84.0 Å². The maximum atomic E-state index is 12.9. The lowest BCUT2D eigenvalue weighted by Crippen LogP contribution is -2.11. The van der Waals surface area contributed by atoms with Gasteiger partial charge in [0.05, 0.1) is 21.1 Å². The Morgan fingerprint density at radius 1 is 0.615 bits per heavy atom. The number of carbonyl (C=O) groups is 2. The highest BCUT2D eigenvalue weighted by Gasteiger charge is 2.18. The molecule has 2 N–H and O–H groups in total. The van der Waals surface area contributed by atoms with Gasteiger partial charge >= 0.3 is 0 Å². The number of thiophene rings is 1. The second-order valence-corrected chi connectivity index (χ2v) is 12.5. The SMILES string of the molecule is Cc1cc(C)c(-c2csc(NC(=O)c3ccc(C(=O)Nc4nc(-c5c(C)cc(C)cc5C)cs4)s3)n2)c(C)c1. The molecule has 0 aliphatic heterocycles. The van der Waals surface area contributed by atoms with Crippen molar-refractivity contribution in [3.8, 4) is 22.5 Å². The first kappa shape index (κ1) is 26.9. The number of aromatic nitrogens is 2. The maximum Gasteiger partial charge on any atom is 0.267 e. The van der Waals surface area contributed by atoms with E-state index in [4.69, 9.17) is 0 Å². The molecule has 3 heterocycles. The number of anilines is 2. The number of hydrogen-bond donors (Lipinski definition) is 2. The van der Waals surface area contributed by atoms with E-state index in [1.807, 2.05) is 10.8 Å². The number of thiazole rings is 2. The van der Waals surface area contributed by atoms with Crippen molar-refractivity contribution in [1.82, 2.24) is 9.97 Å². The van der Waals surface area contributed by atoms with Gasteiger partial charge in [0.1, 0.15) is 0 Å². The minimum atomic E-state index is -0.292. The number of benzene rings is 2. The lowest BCUT2D eigenvalue weighted by Gasteiger charge is -2.08. The fraction of sp³-hybridized carbons (Fsp3) is 0.200. The molecular formula is C30H28N4O2S3. The predicted octanol–water partition coefficient (Wildman–Crippen LogP) is 8.35. The fourth-order valence-electron chi connectivity index (χ4n) is 4.96. The first-order valence-electron chi connectivity index (χ1n) is 12.4. The van der Waals surface area contributed by atoms with Gasteiger partial charge in [0.25, 0.3) is 11.8 Å². The molecule has 39 heavy (non-hydrogen) atoms. The largest absolute Gasteiger partial charge is 0.297 e. The van der Waals surface area contributed by atoms with E-state index in [0.717, 1.165) is 56.1 Å². The van der Waals surface area contributed by atoms with E-state index in [-0.39, 0.29) is 11.8 Å². The zero-order valence-corrected chi connectivity index (χ0v) is 25.0. The zero-order chi connectivity index (χ0) is 27.8. The van der Waals surface area contributed by atoms with Crippen LogP contribution in [0.25, 0.3) is 22.5 Å². The second kappa shape index (κ2) is 10.8. The van der Waals surface area contributed by atoms with E-state index in [1.54, 1.807) is 12.1 Å². The number of amides is 2. The normalized spacial score (nSPS) is 11.0. The Bertz CT molecular complexity index is 1560. The summed E-state index contributed by atoms with van der Waals surface area (Å²) in [5, 5.41) is 10.7. The van der Waals surface area contributed by atoms with Gasteiger partial charge in [-0.1, -0.05) is 35.4 Å². The van der Waals surface area contributed by atoms with Gasteiger partial charge in [-0.3, -0.25) is 20.2 Å². The van der Waals surface area contributed by atoms with Crippen LogP contribution in [0, 0.1) is 41.5 Å². The van der Waals surface area contributed by atoms with Crippen molar-refractivity contribution in [2.24, 2.45) is 0 Å². The van der Waals surface area contributed by atoms with Crippen molar-refractivity contribution in [2.75, 3.05) is 10.6 Å². The Hall–Kier alpha value is -3.66. The summed E-state index contributed by atoms with van der Waals surface area (Å²) in [6.45, 7) is 12.4. The highest BCUT2D eigenvalue weighted by atomic mass is 32.1. The number of rotatable bonds is 6. The highest BCUT2D eigenvalue weighted by molar-refractivity contribution is 7.17. The smallest absolute Gasteiger partial charge is 0.267 e. The third-order valence-electron chi connectivity index (χ3n) is 6.37. The van der Waals surface area contributed by atoms with Gasteiger partial charge in [-0.25, -0.2) is 9.97 Å². The zero-order valence-electron chi connectivity index (χ0n) is 22.6. The van der Waals surface area contributed by atoms with E-state index < -0.39 is 0 Å². The van der Waals surface area contributed by atoms with Gasteiger partial charge in [0.15, 0.2) is 10.3 Å². The fourth-order valence-corrected chi connectivity index (χ4v) is 7.15. The Morgan fingerprint density at radius 2 is 0.974 bits per heavy atom. The molecule has 6 nitrogen and oxygen atoms in total. The second-order valence-electron chi connectivity index (χ2n) is 9.70. The van der Waals surface area contributed by atoms with E-state index in [2.05, 4.69) is 86.4 Å². The van der Waals surface area contributed by atoms with Crippen LogP contribution in [0.1, 0.15) is 52.7 Å². The Balaban J connectivity index is 1.26. The van der Waals surface area contributed by atoms with Crippen molar-refractivity contribution in [1.29, 1.82) is 0 Å². The van der Waals surface area contributed by atoms with Crippen LogP contribution in [0.3, 0.4) is 0 Å². The lowest BCUT2D eigenvalue weighted by atomic mass is 9.98. The summed E-state index contributed by atoms with van der Waals surface area (Å²) in [7, 11) is 0. The van der Waals surface area contributed by atoms with E-state index in [1.165, 1.54) is 33.8 Å². The molecule has 3 aromatic heterocycles. The summed E-state index contributed by atoms with van der Waals surface area (Å²) in [6.07, 6.45) is 0. The van der Waals surface area contributed by atoms with E-state index in [0.29, 0.717) is 20.0 Å². The molecule has 0 unspecified atom stereocenters. The van der Waals surface area contributed by atoms with Crippen LogP contribution in [0.4, 0.5) is 10.3 Å². The summed E-state index contributed by atoms with van der Waals surface area (Å²) >= 11 is 3.90. The summed E-state index contributed by atoms with van der Waals surface area (Å²) < 4.78 is 0. The molecule has 0 bridgehead atoms. The van der Waals surface area contributed by atoms with Crippen LogP contribution >= 0.6 is 34.0 Å². The number of carbonyl (C=O) groups excluding carboxylic acids is 2. The van der Waals surface area contributed by atoms with Gasteiger partial charge in [0, 0.05) is 21.9 Å². The van der Waals surface area contributed by atoms with Crippen LogP contribution in [-0.2, 0) is 0 Å². The summed E-state index contributed by atoms with van der Waals surface area (Å²) in [4.78, 5) is 36.0. The molecule has 5 aromatic rings. The standard InChI is InChI=1S/C30H28N4O2S3/c1-15-9-17(3)25(18(4)10-15)21-13-37-29(31-21)33-27(35)23-7-8-24(39-23)28(36)34-30-32-22(14-38-30)26-19(5)11-16(2)12-20(26)6/h7-14H,1-6H3,(H,31,33,35)(H,32,34,36). The molecule has 5 rings (SSSR count). The van der Waals surface area contributed by atoms with Gasteiger partial charge in [0.2, 0.25) is 0 Å². The van der Waals surface area contributed by atoms with Crippen molar-refractivity contribution >= 4 is 56.1 Å². The molecule has 0 spiro atoms. The molecule has 0 atom stereocenters. The van der Waals surface area contributed by atoms with Crippen molar-refractivity contribution in [3.63, 3.8) is 0 Å². The molecule has 0 fully saturated rings. The molecule has 2 aromatic carbocycles. The van der Waals surface area contributed by atoms with Crippen LogP contribution in [0.15, 0.2) is 47.2 Å². The molecule has 0 aliphatic carbocycles. The maximum absolute atomic E-state index is 12.9. The molecule has 0 radical (unpaired) electrons. The predicted molar refractivity (Wildman–Crippen MR) is 164 cm³/mol. The molecular weight excluding hydrogens is 545 g/mol. The number of hydrogen-bond acceptors (Lipinski definition) is 7. The van der Waals surface area contributed by atoms with Crippen LogP contribution in [0.5, 0.6) is 0 Å². The summed E-state index contributed by atoms with van der Waals surface area (Å²) in [5.74, 6) is -0.585. The Morgan fingerprint density at radius 3 is 1.33 bits per heavy atom. The molecule has 0 saturated carbocycles. The molecule has 0 aliphatic rings. The Labute approximate surface area is 239 Å². The number of nitrogens with zero attached hydrogens (tertiary/aromatic N) is 2. The van der Waals surface area contributed by atoms with Crippen molar-refractivity contribution in [2.45, 2.75) is 41.5 Å². The average molecular weight is 573 g/mol. The number of aryl methyl sites for hydroxylation is 6. The van der Waals surface area contributed by atoms with Gasteiger partial charge in [-0.2, -0.15) is 0 Å². The van der Waals surface area contributed by atoms with Crippen molar-refractivity contribution < 1.29 is 9.59 Å². The molecule has 9 heteroatoms. The van der Waals surface area contributed by atoms with E-state index >= 15 is 0 Å². The Kier molecular flexibility index (Phi) is 7.48. The molecule has 0 saturated heterocycles. The quantitative estimate of drug-likeness (QED) is 0.214. The average Bonchev–Trinajstić information content (AvgIpc) is 3.60. The minimum absolute atomic E-state index is 0.292. The van der Waals surface area contributed by atoms with Gasteiger partial charge in [-0.05, 0) is 75.9 Å². The molecule has 198 valence electrons. The first-order chi connectivity index (χ1) is 18.6. The summed E-state index contributed by atoms with van der Waals surface area (Å²) in [6, 6.07) is 11.9. The lowest BCUT2D eigenvalue weighted by molar-refractivity contribution is 0.102. The molecule has 2 amide bonds. The number of nitrogens with one attached hydrogen (secondary N) is 2. The highest BCUT2D eigenvalue weighted by Crippen LogP contribution is 2.33. The summed E-state index contributed by atoms with van der Waals surface area (Å²) in [5.41, 5.74) is 10.9.